The molecule has 0 aliphatic carbocycles. The second kappa shape index (κ2) is 11.1. The predicted octanol–water partition coefficient (Wildman–Crippen LogP) is 2.74. The molecule has 1 aliphatic heterocycles. The van der Waals surface area contributed by atoms with Gasteiger partial charge >= 0.3 is 5.97 Å². The smallest absolute Gasteiger partial charge is 0.306 e. The van der Waals surface area contributed by atoms with Crippen LogP contribution in [0.1, 0.15) is 64.7 Å². The minimum Gasteiger partial charge on any atom is -0.460 e. The molecule has 0 aromatic heterocycles. The largest absolute Gasteiger partial charge is 0.460 e. The molecule has 0 bridgehead atoms. The fraction of sp³-hybridized carbons (Fsp3) is 0.938. The summed E-state index contributed by atoms with van der Waals surface area (Å²) in [6.07, 6.45) is 8.99. The van der Waals surface area contributed by atoms with Crippen LogP contribution in [0.25, 0.3) is 0 Å². The number of aliphatic hydroxyl groups is 1. The zero-order valence-electron chi connectivity index (χ0n) is 13.0. The van der Waals surface area contributed by atoms with Crippen LogP contribution in [-0.4, -0.2) is 48.3 Å². The Morgan fingerprint density at radius 1 is 1.20 bits per heavy atom. The van der Waals surface area contributed by atoms with Crippen LogP contribution >= 0.6 is 0 Å². The monoisotopic (exact) mass is 285 g/mol. The Balaban J connectivity index is 2.05. The Hall–Kier alpha value is -0.610. The summed E-state index contributed by atoms with van der Waals surface area (Å²) in [6, 6.07) is 0. The van der Waals surface area contributed by atoms with Gasteiger partial charge in [0.15, 0.2) is 0 Å². The Kier molecular flexibility index (Phi) is 9.67. The third kappa shape index (κ3) is 7.85. The second-order valence-corrected chi connectivity index (χ2v) is 5.80. The number of carbonyl (C=O) groups is 1. The van der Waals surface area contributed by atoms with Gasteiger partial charge in [-0.1, -0.05) is 26.2 Å². The zero-order valence-corrected chi connectivity index (χ0v) is 13.0. The Bertz CT molecular complexity index is 252. The lowest BCUT2D eigenvalue weighted by Gasteiger charge is -2.17. The van der Waals surface area contributed by atoms with Crippen molar-refractivity contribution in [3.63, 3.8) is 0 Å². The lowest BCUT2D eigenvalue weighted by Crippen LogP contribution is -2.24. The minimum absolute atomic E-state index is 0.0516. The first-order valence-electron chi connectivity index (χ1n) is 8.29. The van der Waals surface area contributed by atoms with E-state index >= 15 is 0 Å². The second-order valence-electron chi connectivity index (χ2n) is 5.80. The molecule has 4 heteroatoms. The van der Waals surface area contributed by atoms with E-state index in [0.717, 1.165) is 32.2 Å². The van der Waals surface area contributed by atoms with Crippen LogP contribution in [0.3, 0.4) is 0 Å². The molecule has 0 aromatic rings. The molecule has 0 radical (unpaired) electrons. The lowest BCUT2D eigenvalue weighted by atomic mass is 10.1. The number of nitrogens with zero attached hydrogens (tertiary/aromatic N) is 1. The van der Waals surface area contributed by atoms with Gasteiger partial charge in [-0.15, -0.1) is 0 Å². The molecule has 1 fully saturated rings. The molecule has 0 aromatic carbocycles. The van der Waals surface area contributed by atoms with Gasteiger partial charge in [-0.05, 0) is 51.7 Å². The van der Waals surface area contributed by atoms with Crippen LogP contribution in [0, 0.1) is 0 Å². The average Bonchev–Trinajstić information content (AvgIpc) is 2.95. The Morgan fingerprint density at radius 3 is 2.60 bits per heavy atom. The summed E-state index contributed by atoms with van der Waals surface area (Å²) in [5.74, 6) is -0.154. The Labute approximate surface area is 123 Å². The highest BCUT2D eigenvalue weighted by Crippen LogP contribution is 2.11. The highest BCUT2D eigenvalue weighted by molar-refractivity contribution is 5.69. The maximum Gasteiger partial charge on any atom is 0.306 e. The van der Waals surface area contributed by atoms with Crippen molar-refractivity contribution in [2.24, 2.45) is 0 Å². The van der Waals surface area contributed by atoms with E-state index in [1.165, 1.54) is 38.8 Å². The lowest BCUT2D eigenvalue weighted by molar-refractivity contribution is -0.151. The van der Waals surface area contributed by atoms with Crippen LogP contribution in [0.2, 0.25) is 0 Å². The van der Waals surface area contributed by atoms with E-state index in [1.807, 2.05) is 0 Å². The molecule has 1 rings (SSSR count). The van der Waals surface area contributed by atoms with Crippen LogP contribution in [0.5, 0.6) is 0 Å². The van der Waals surface area contributed by atoms with Crippen molar-refractivity contribution < 1.29 is 14.6 Å². The maximum atomic E-state index is 11.7. The number of unbranched alkanes of at least 4 members (excludes halogenated alkanes) is 3. The molecule has 4 nitrogen and oxygen atoms in total. The molecular formula is C16H31NO3. The predicted molar refractivity (Wildman–Crippen MR) is 80.6 cm³/mol. The van der Waals surface area contributed by atoms with Crippen LogP contribution < -0.4 is 0 Å². The van der Waals surface area contributed by atoms with Crippen molar-refractivity contribution in [2.45, 2.75) is 70.8 Å². The summed E-state index contributed by atoms with van der Waals surface area (Å²) in [6.45, 7) is 5.46. The third-order valence-corrected chi connectivity index (χ3v) is 3.94. The van der Waals surface area contributed by atoms with Gasteiger partial charge in [0, 0.05) is 6.42 Å². The van der Waals surface area contributed by atoms with E-state index < -0.39 is 0 Å². The summed E-state index contributed by atoms with van der Waals surface area (Å²) in [5.41, 5.74) is 0. The van der Waals surface area contributed by atoms with Crippen molar-refractivity contribution >= 4 is 5.97 Å². The minimum atomic E-state index is -0.300. The first-order valence-corrected chi connectivity index (χ1v) is 8.29. The molecule has 20 heavy (non-hydrogen) atoms. The number of hydrogen-bond donors (Lipinski definition) is 1. The highest BCUT2D eigenvalue weighted by Gasteiger charge is 2.15. The van der Waals surface area contributed by atoms with Crippen molar-refractivity contribution in [1.29, 1.82) is 0 Å². The molecule has 118 valence electrons. The standard InChI is InChI=1S/C16H31NO3/c1-2-3-4-5-9-15(14-18)20-16(19)10-8-13-17-11-6-7-12-17/h15,18H,2-14H2,1H3. The fourth-order valence-electron chi connectivity index (χ4n) is 2.68. The summed E-state index contributed by atoms with van der Waals surface area (Å²) in [5, 5.41) is 9.24. The van der Waals surface area contributed by atoms with Gasteiger partial charge in [-0.2, -0.15) is 0 Å². The van der Waals surface area contributed by atoms with E-state index in [4.69, 9.17) is 4.74 Å². The SMILES string of the molecule is CCCCCCC(CO)OC(=O)CCCN1CCCC1. The van der Waals surface area contributed by atoms with E-state index in [0.29, 0.717) is 6.42 Å². The highest BCUT2D eigenvalue weighted by atomic mass is 16.5. The molecule has 0 amide bonds. The molecule has 0 saturated carbocycles. The molecule has 1 saturated heterocycles. The molecule has 1 heterocycles. The van der Waals surface area contributed by atoms with Crippen molar-refractivity contribution in [3.05, 3.63) is 0 Å². The molecule has 0 spiro atoms. The first-order chi connectivity index (χ1) is 9.76. The van der Waals surface area contributed by atoms with Crippen molar-refractivity contribution in [3.8, 4) is 0 Å². The molecule has 1 N–H and O–H groups in total. The van der Waals surface area contributed by atoms with Crippen molar-refractivity contribution in [2.75, 3.05) is 26.2 Å². The zero-order chi connectivity index (χ0) is 14.6. The normalized spacial score (nSPS) is 17.3. The summed E-state index contributed by atoms with van der Waals surface area (Å²) >= 11 is 0. The Morgan fingerprint density at radius 2 is 1.95 bits per heavy atom. The number of ether oxygens (including phenoxy) is 1. The van der Waals surface area contributed by atoms with E-state index in [1.54, 1.807) is 0 Å². The van der Waals surface area contributed by atoms with Crippen molar-refractivity contribution in [1.82, 2.24) is 4.90 Å². The maximum absolute atomic E-state index is 11.7. The third-order valence-electron chi connectivity index (χ3n) is 3.94. The van der Waals surface area contributed by atoms with Gasteiger partial charge in [0.1, 0.15) is 6.10 Å². The summed E-state index contributed by atoms with van der Waals surface area (Å²) in [7, 11) is 0. The number of likely N-dealkylation sites (tertiary alicyclic amines) is 1. The van der Waals surface area contributed by atoms with Gasteiger partial charge in [0.05, 0.1) is 6.61 Å². The molecule has 1 aliphatic rings. The van der Waals surface area contributed by atoms with Gasteiger partial charge in [0.25, 0.3) is 0 Å². The van der Waals surface area contributed by atoms with E-state index in [-0.39, 0.29) is 18.7 Å². The first kappa shape index (κ1) is 17.4. The summed E-state index contributed by atoms with van der Waals surface area (Å²) < 4.78 is 5.34. The summed E-state index contributed by atoms with van der Waals surface area (Å²) in [4.78, 5) is 14.1. The number of hydrogen-bond acceptors (Lipinski definition) is 4. The molecule has 1 unspecified atom stereocenters. The van der Waals surface area contributed by atoms with E-state index in [9.17, 15) is 9.90 Å². The quantitative estimate of drug-likeness (QED) is 0.468. The average molecular weight is 285 g/mol. The van der Waals surface area contributed by atoms with Gasteiger partial charge in [-0.3, -0.25) is 4.79 Å². The number of carbonyl (C=O) groups excluding carboxylic acids is 1. The van der Waals surface area contributed by atoms with Crippen LogP contribution in [0.4, 0.5) is 0 Å². The number of rotatable bonds is 11. The van der Waals surface area contributed by atoms with Crippen LogP contribution in [-0.2, 0) is 9.53 Å². The number of aliphatic hydroxyl groups excluding tert-OH is 1. The van der Waals surface area contributed by atoms with E-state index in [2.05, 4.69) is 11.8 Å². The number of esters is 1. The fourth-order valence-corrected chi connectivity index (χ4v) is 2.68. The molecular weight excluding hydrogens is 254 g/mol. The van der Waals surface area contributed by atoms with Crippen LogP contribution in [0.15, 0.2) is 0 Å². The topological polar surface area (TPSA) is 49.8 Å². The molecule has 1 atom stereocenters. The van der Waals surface area contributed by atoms with Gasteiger partial charge in [-0.25, -0.2) is 0 Å². The van der Waals surface area contributed by atoms with Gasteiger partial charge < -0.3 is 14.7 Å². The van der Waals surface area contributed by atoms with Gasteiger partial charge in [0.2, 0.25) is 0 Å².